The molecule has 146 valence electrons. The number of nitrogens with one attached hydrogen (secondary N) is 2. The summed E-state index contributed by atoms with van der Waals surface area (Å²) in [5.74, 6) is -0.660. The number of hydrogen-bond donors (Lipinski definition) is 2. The van der Waals surface area contributed by atoms with Crippen molar-refractivity contribution in [1.29, 1.82) is 0 Å². The molecule has 0 aromatic heterocycles. The molecule has 7 nitrogen and oxygen atoms in total. The second-order valence-electron chi connectivity index (χ2n) is 5.39. The molecule has 0 radical (unpaired) electrons. The van der Waals surface area contributed by atoms with Crippen molar-refractivity contribution in [2.45, 2.75) is 6.18 Å². The van der Waals surface area contributed by atoms with E-state index in [9.17, 15) is 28.1 Å². The summed E-state index contributed by atoms with van der Waals surface area (Å²) < 4.78 is 38.6. The van der Waals surface area contributed by atoms with Crippen molar-refractivity contribution in [3.63, 3.8) is 0 Å². The summed E-state index contributed by atoms with van der Waals surface area (Å²) >= 11 is 0. The molecule has 0 saturated heterocycles. The number of hydrogen-bond acceptors (Lipinski definition) is 5. The molecule has 0 aliphatic rings. The van der Waals surface area contributed by atoms with E-state index >= 15 is 0 Å². The van der Waals surface area contributed by atoms with Crippen LogP contribution in [0.2, 0.25) is 0 Å². The number of carbonyl (C=O) groups excluding carboxylic acids is 1. The van der Waals surface area contributed by atoms with Gasteiger partial charge in [-0.25, -0.2) is 5.43 Å². The van der Waals surface area contributed by atoms with Crippen LogP contribution in [0.1, 0.15) is 11.1 Å². The first kappa shape index (κ1) is 20.6. The average Bonchev–Trinajstić information content (AvgIpc) is 2.66. The van der Waals surface area contributed by atoms with Gasteiger partial charge in [-0.2, -0.15) is 18.3 Å². The number of rotatable bonds is 7. The van der Waals surface area contributed by atoms with Gasteiger partial charge in [-0.1, -0.05) is 24.3 Å². The topological polar surface area (TPSA) is 96.6 Å². The van der Waals surface area contributed by atoms with Crippen molar-refractivity contribution < 1.29 is 22.9 Å². The number of para-hydroxylation sites is 2. The van der Waals surface area contributed by atoms with Crippen molar-refractivity contribution in [1.82, 2.24) is 5.43 Å². The molecule has 2 N–H and O–H groups in total. The maximum absolute atomic E-state index is 12.9. The minimum atomic E-state index is -4.54. The molecule has 0 spiro atoms. The first-order chi connectivity index (χ1) is 13.3. The zero-order chi connectivity index (χ0) is 20.6. The SMILES string of the molecule is O=C(CNc1ccccc1C(F)(F)F)N/N=C\C=C\c1ccccc1[N+](=O)[O-]. The summed E-state index contributed by atoms with van der Waals surface area (Å²) in [6.45, 7) is -0.418. The zero-order valence-corrected chi connectivity index (χ0v) is 14.3. The quantitative estimate of drug-likeness (QED) is 0.425. The van der Waals surface area contributed by atoms with Gasteiger partial charge < -0.3 is 5.32 Å². The standard InChI is InChI=1S/C18H15F3N4O3/c19-18(20,21)14-8-2-3-9-15(14)22-12-17(26)24-23-11-5-7-13-6-1-4-10-16(13)25(27)28/h1-11,22H,12H2,(H,24,26)/b7-5+,23-11-. The highest BCUT2D eigenvalue weighted by molar-refractivity contribution is 5.84. The predicted octanol–water partition coefficient (Wildman–Crippen LogP) is 3.84. The van der Waals surface area contributed by atoms with Gasteiger partial charge in [0.2, 0.25) is 0 Å². The molecule has 0 aliphatic carbocycles. The van der Waals surface area contributed by atoms with Crippen LogP contribution in [0.3, 0.4) is 0 Å². The van der Waals surface area contributed by atoms with Crippen molar-refractivity contribution in [2.24, 2.45) is 5.10 Å². The molecule has 28 heavy (non-hydrogen) atoms. The zero-order valence-electron chi connectivity index (χ0n) is 14.3. The summed E-state index contributed by atoms with van der Waals surface area (Å²) in [6.07, 6.45) is -0.526. The first-order valence-electron chi connectivity index (χ1n) is 7.91. The van der Waals surface area contributed by atoms with Gasteiger partial charge in [-0.05, 0) is 30.4 Å². The second kappa shape index (κ2) is 9.31. The van der Waals surface area contributed by atoms with Crippen LogP contribution in [0.15, 0.2) is 59.7 Å². The van der Waals surface area contributed by atoms with E-state index in [1.807, 2.05) is 0 Å². The lowest BCUT2D eigenvalue weighted by molar-refractivity contribution is -0.385. The van der Waals surface area contributed by atoms with E-state index in [4.69, 9.17) is 0 Å². The summed E-state index contributed by atoms with van der Waals surface area (Å²) in [7, 11) is 0. The Hall–Kier alpha value is -3.69. The Morgan fingerprint density at radius 1 is 1.14 bits per heavy atom. The lowest BCUT2D eigenvalue weighted by Gasteiger charge is -2.13. The Morgan fingerprint density at radius 2 is 1.82 bits per heavy atom. The number of hydrazone groups is 1. The second-order valence-corrected chi connectivity index (χ2v) is 5.39. The van der Waals surface area contributed by atoms with Gasteiger partial charge in [0, 0.05) is 18.0 Å². The monoisotopic (exact) mass is 392 g/mol. The number of benzene rings is 2. The number of nitro groups is 1. The first-order valence-corrected chi connectivity index (χ1v) is 7.91. The number of halogens is 3. The molecule has 10 heteroatoms. The van der Waals surface area contributed by atoms with E-state index in [1.54, 1.807) is 12.1 Å². The highest BCUT2D eigenvalue weighted by atomic mass is 19.4. The minimum absolute atomic E-state index is 0.0799. The van der Waals surface area contributed by atoms with Crippen molar-refractivity contribution in [3.05, 3.63) is 75.8 Å². The molecule has 0 atom stereocenters. The Balaban J connectivity index is 1.88. The third kappa shape index (κ3) is 5.94. The molecule has 0 bridgehead atoms. The summed E-state index contributed by atoms with van der Waals surface area (Å²) in [5.41, 5.74) is 1.32. The molecule has 2 aromatic carbocycles. The van der Waals surface area contributed by atoms with E-state index in [0.717, 1.165) is 6.07 Å². The van der Waals surface area contributed by atoms with Crippen LogP contribution in [0.4, 0.5) is 24.5 Å². The third-order valence-corrected chi connectivity index (χ3v) is 3.43. The molecule has 1 amide bonds. The predicted molar refractivity (Wildman–Crippen MR) is 98.7 cm³/mol. The fraction of sp³-hybridized carbons (Fsp3) is 0.111. The molecule has 0 aliphatic heterocycles. The van der Waals surface area contributed by atoms with Crippen LogP contribution in [-0.2, 0) is 11.0 Å². The molecule has 2 aromatic rings. The maximum atomic E-state index is 12.9. The summed E-state index contributed by atoms with van der Waals surface area (Å²) in [5, 5.41) is 16.9. The van der Waals surface area contributed by atoms with Crippen molar-refractivity contribution >= 4 is 29.6 Å². The van der Waals surface area contributed by atoms with Crippen LogP contribution in [0, 0.1) is 10.1 Å². The lowest BCUT2D eigenvalue weighted by Crippen LogP contribution is -2.26. The highest BCUT2D eigenvalue weighted by Crippen LogP contribution is 2.34. The lowest BCUT2D eigenvalue weighted by atomic mass is 10.1. The molecular formula is C18H15F3N4O3. The number of nitro benzene ring substituents is 1. The molecule has 0 fully saturated rings. The Labute approximate surface area is 157 Å². The fourth-order valence-corrected chi connectivity index (χ4v) is 2.19. The van der Waals surface area contributed by atoms with Gasteiger partial charge in [-0.15, -0.1) is 0 Å². The van der Waals surface area contributed by atoms with E-state index < -0.39 is 29.1 Å². The number of allylic oxidation sites excluding steroid dienone is 1. The van der Waals surface area contributed by atoms with Gasteiger partial charge in [0.25, 0.3) is 11.6 Å². The van der Waals surface area contributed by atoms with Crippen LogP contribution in [0.5, 0.6) is 0 Å². The van der Waals surface area contributed by atoms with E-state index in [0.29, 0.717) is 5.56 Å². The molecule has 0 heterocycles. The van der Waals surface area contributed by atoms with Crippen LogP contribution in [0.25, 0.3) is 6.08 Å². The van der Waals surface area contributed by atoms with Gasteiger partial charge in [0.1, 0.15) is 0 Å². The van der Waals surface area contributed by atoms with E-state index in [2.05, 4.69) is 15.8 Å². The van der Waals surface area contributed by atoms with Gasteiger partial charge in [0.15, 0.2) is 0 Å². The molecule has 2 rings (SSSR count). The Kier molecular flexibility index (Phi) is 6.85. The fourth-order valence-electron chi connectivity index (χ4n) is 2.19. The van der Waals surface area contributed by atoms with Gasteiger partial charge in [0.05, 0.1) is 22.6 Å². The number of anilines is 1. The minimum Gasteiger partial charge on any atom is -0.376 e. The maximum Gasteiger partial charge on any atom is 0.418 e. The van der Waals surface area contributed by atoms with Crippen LogP contribution >= 0.6 is 0 Å². The molecular weight excluding hydrogens is 377 g/mol. The summed E-state index contributed by atoms with van der Waals surface area (Å²) in [4.78, 5) is 22.0. The van der Waals surface area contributed by atoms with Crippen LogP contribution < -0.4 is 10.7 Å². The van der Waals surface area contributed by atoms with E-state index in [1.165, 1.54) is 48.7 Å². The van der Waals surface area contributed by atoms with Gasteiger partial charge in [-0.3, -0.25) is 14.9 Å². The molecule has 0 unspecified atom stereocenters. The Morgan fingerprint density at radius 3 is 2.54 bits per heavy atom. The normalized spacial score (nSPS) is 11.7. The smallest absolute Gasteiger partial charge is 0.376 e. The van der Waals surface area contributed by atoms with Crippen LogP contribution in [-0.4, -0.2) is 23.6 Å². The third-order valence-electron chi connectivity index (χ3n) is 3.43. The number of carbonyl (C=O) groups is 1. The number of nitrogens with zero attached hydrogens (tertiary/aromatic N) is 2. The molecule has 0 saturated carbocycles. The van der Waals surface area contributed by atoms with E-state index in [-0.39, 0.29) is 11.4 Å². The average molecular weight is 392 g/mol. The van der Waals surface area contributed by atoms with Gasteiger partial charge >= 0.3 is 6.18 Å². The highest BCUT2D eigenvalue weighted by Gasteiger charge is 2.33. The summed E-state index contributed by atoms with van der Waals surface area (Å²) in [6, 6.07) is 10.9. The number of alkyl halides is 3. The number of amides is 1. The Bertz CT molecular complexity index is 911. The van der Waals surface area contributed by atoms with Crippen molar-refractivity contribution in [2.75, 3.05) is 11.9 Å². The van der Waals surface area contributed by atoms with Crippen molar-refractivity contribution in [3.8, 4) is 0 Å². The largest absolute Gasteiger partial charge is 0.418 e.